The van der Waals surface area contributed by atoms with Gasteiger partial charge in [-0.05, 0) is 25.6 Å². The summed E-state index contributed by atoms with van der Waals surface area (Å²) < 4.78 is 5.38. The molecule has 0 atom stereocenters. The van der Waals surface area contributed by atoms with E-state index >= 15 is 0 Å². The molecule has 6 nitrogen and oxygen atoms in total. The Morgan fingerprint density at radius 2 is 1.95 bits per heavy atom. The van der Waals surface area contributed by atoms with Crippen LogP contribution in [-0.2, 0) is 6.42 Å². The molecule has 102 valence electrons. The van der Waals surface area contributed by atoms with Crippen LogP contribution in [0.3, 0.4) is 0 Å². The van der Waals surface area contributed by atoms with Gasteiger partial charge in [0.15, 0.2) is 0 Å². The van der Waals surface area contributed by atoms with Crippen LogP contribution in [0.25, 0.3) is 0 Å². The highest BCUT2D eigenvalue weighted by atomic mass is 32.2. The van der Waals surface area contributed by atoms with Gasteiger partial charge in [0.25, 0.3) is 5.22 Å². The van der Waals surface area contributed by atoms with E-state index in [0.29, 0.717) is 11.1 Å². The summed E-state index contributed by atoms with van der Waals surface area (Å²) in [5, 5.41) is 12.4. The van der Waals surface area contributed by atoms with Crippen molar-refractivity contribution >= 4 is 17.6 Å². The first-order chi connectivity index (χ1) is 9.13. The van der Waals surface area contributed by atoms with Gasteiger partial charge in [-0.3, -0.25) is 0 Å². The molecular formula is C12H17N5OS. The molecule has 2 rings (SSSR count). The Morgan fingerprint density at radius 1 is 1.16 bits per heavy atom. The maximum absolute atomic E-state index is 5.38. The summed E-state index contributed by atoms with van der Waals surface area (Å²) in [4.78, 5) is 9.01. The minimum Gasteiger partial charge on any atom is -0.416 e. The Balaban J connectivity index is 2.35. The van der Waals surface area contributed by atoms with Crippen LogP contribution in [0.4, 0.5) is 5.82 Å². The number of hydrogen-bond acceptors (Lipinski definition) is 7. The highest BCUT2D eigenvalue weighted by Crippen LogP contribution is 2.30. The van der Waals surface area contributed by atoms with Crippen molar-refractivity contribution in [3.05, 3.63) is 17.3 Å². The summed E-state index contributed by atoms with van der Waals surface area (Å²) in [7, 11) is 0. The summed E-state index contributed by atoms with van der Waals surface area (Å²) in [6.07, 6.45) is 0.787. The van der Waals surface area contributed by atoms with Crippen LogP contribution in [-0.4, -0.2) is 26.7 Å². The summed E-state index contributed by atoms with van der Waals surface area (Å²) in [6.45, 7) is 8.66. The Morgan fingerprint density at radius 3 is 2.53 bits per heavy atom. The molecule has 0 saturated carbocycles. The lowest BCUT2D eigenvalue weighted by Gasteiger charge is -2.11. The van der Waals surface area contributed by atoms with E-state index in [1.54, 1.807) is 6.92 Å². The van der Waals surface area contributed by atoms with E-state index in [0.717, 1.165) is 35.2 Å². The van der Waals surface area contributed by atoms with Crippen molar-refractivity contribution in [3.8, 4) is 0 Å². The number of anilines is 1. The van der Waals surface area contributed by atoms with Crippen molar-refractivity contribution in [1.82, 2.24) is 20.2 Å². The Hall–Kier alpha value is -1.63. The molecule has 0 saturated heterocycles. The monoisotopic (exact) mass is 279 g/mol. The van der Waals surface area contributed by atoms with Crippen molar-refractivity contribution < 1.29 is 4.42 Å². The highest BCUT2D eigenvalue weighted by Gasteiger charge is 2.14. The lowest BCUT2D eigenvalue weighted by molar-refractivity contribution is 0.429. The van der Waals surface area contributed by atoms with Crippen molar-refractivity contribution in [2.45, 2.75) is 44.4 Å². The second kappa shape index (κ2) is 6.01. The second-order valence-electron chi connectivity index (χ2n) is 3.99. The summed E-state index contributed by atoms with van der Waals surface area (Å²) in [6, 6.07) is 0. The largest absolute Gasteiger partial charge is 0.416 e. The molecule has 19 heavy (non-hydrogen) atoms. The Bertz CT molecular complexity index is 569. The van der Waals surface area contributed by atoms with E-state index in [4.69, 9.17) is 4.42 Å². The molecular weight excluding hydrogens is 262 g/mol. The minimum absolute atomic E-state index is 0.504. The lowest BCUT2D eigenvalue weighted by Crippen LogP contribution is -2.07. The normalized spacial score (nSPS) is 10.7. The smallest absolute Gasteiger partial charge is 0.282 e. The van der Waals surface area contributed by atoms with Gasteiger partial charge in [-0.25, -0.2) is 9.97 Å². The standard InChI is InChI=1S/C12H17N5OS/c1-5-9-14-10(13-6-2)7(3)11(15-9)19-12-17-16-8(4)18-12/h5-6H2,1-4H3,(H,13,14,15). The van der Waals surface area contributed by atoms with Crippen LogP contribution in [0.15, 0.2) is 14.7 Å². The zero-order valence-corrected chi connectivity index (χ0v) is 12.3. The summed E-state index contributed by atoms with van der Waals surface area (Å²) in [5.41, 5.74) is 1.000. The maximum atomic E-state index is 5.38. The van der Waals surface area contributed by atoms with E-state index in [1.807, 2.05) is 20.8 Å². The van der Waals surface area contributed by atoms with E-state index in [2.05, 4.69) is 25.5 Å². The highest BCUT2D eigenvalue weighted by molar-refractivity contribution is 7.99. The SMILES string of the molecule is CCNc1nc(CC)nc(Sc2nnc(C)o2)c1C. The average Bonchev–Trinajstić information content (AvgIpc) is 2.80. The fourth-order valence-electron chi connectivity index (χ4n) is 1.54. The molecule has 0 aliphatic carbocycles. The lowest BCUT2D eigenvalue weighted by atomic mass is 10.3. The first kappa shape index (κ1) is 13.8. The van der Waals surface area contributed by atoms with Crippen LogP contribution in [0.2, 0.25) is 0 Å². The molecule has 7 heteroatoms. The predicted molar refractivity (Wildman–Crippen MR) is 73.5 cm³/mol. The number of aromatic nitrogens is 4. The number of nitrogens with zero attached hydrogens (tertiary/aromatic N) is 4. The van der Waals surface area contributed by atoms with Crippen molar-refractivity contribution in [2.24, 2.45) is 0 Å². The number of aryl methyl sites for hydroxylation is 2. The fourth-order valence-corrected chi connectivity index (χ4v) is 2.35. The molecule has 0 aliphatic heterocycles. The third kappa shape index (κ3) is 3.23. The van der Waals surface area contributed by atoms with Gasteiger partial charge in [0.05, 0.1) is 0 Å². The molecule has 2 aromatic heterocycles. The van der Waals surface area contributed by atoms with Gasteiger partial charge >= 0.3 is 0 Å². The topological polar surface area (TPSA) is 76.7 Å². The molecule has 0 radical (unpaired) electrons. The molecule has 0 aliphatic rings. The average molecular weight is 279 g/mol. The van der Waals surface area contributed by atoms with E-state index in [-0.39, 0.29) is 0 Å². The molecule has 0 bridgehead atoms. The van der Waals surface area contributed by atoms with Crippen LogP contribution >= 0.6 is 11.8 Å². The van der Waals surface area contributed by atoms with Gasteiger partial charge < -0.3 is 9.73 Å². The molecule has 1 N–H and O–H groups in total. The van der Waals surface area contributed by atoms with Gasteiger partial charge in [0, 0.05) is 25.5 Å². The first-order valence-electron chi connectivity index (χ1n) is 6.23. The van der Waals surface area contributed by atoms with E-state index in [1.165, 1.54) is 11.8 Å². The van der Waals surface area contributed by atoms with Crippen LogP contribution in [0, 0.1) is 13.8 Å². The zero-order valence-electron chi connectivity index (χ0n) is 11.5. The predicted octanol–water partition coefficient (Wildman–Crippen LogP) is 2.62. The minimum atomic E-state index is 0.504. The molecule has 0 unspecified atom stereocenters. The van der Waals surface area contributed by atoms with Gasteiger partial charge in [0.1, 0.15) is 16.7 Å². The van der Waals surface area contributed by atoms with E-state index < -0.39 is 0 Å². The van der Waals surface area contributed by atoms with Gasteiger partial charge in [-0.1, -0.05) is 6.92 Å². The van der Waals surface area contributed by atoms with Crippen molar-refractivity contribution in [1.29, 1.82) is 0 Å². The van der Waals surface area contributed by atoms with Gasteiger partial charge in [0.2, 0.25) is 5.89 Å². The first-order valence-corrected chi connectivity index (χ1v) is 7.05. The van der Waals surface area contributed by atoms with Crippen LogP contribution < -0.4 is 5.32 Å². The van der Waals surface area contributed by atoms with E-state index in [9.17, 15) is 0 Å². The number of hydrogen-bond donors (Lipinski definition) is 1. The Kier molecular flexibility index (Phi) is 4.36. The molecule has 0 aromatic carbocycles. The van der Waals surface area contributed by atoms with Crippen molar-refractivity contribution in [2.75, 3.05) is 11.9 Å². The number of rotatable bonds is 5. The fraction of sp³-hybridized carbons (Fsp3) is 0.500. The molecule has 2 heterocycles. The quantitative estimate of drug-likeness (QED) is 0.843. The molecule has 0 amide bonds. The van der Waals surface area contributed by atoms with Crippen LogP contribution in [0.5, 0.6) is 0 Å². The molecule has 0 fully saturated rings. The third-order valence-electron chi connectivity index (χ3n) is 2.50. The zero-order chi connectivity index (χ0) is 13.8. The third-order valence-corrected chi connectivity index (χ3v) is 3.43. The molecule has 2 aromatic rings. The maximum Gasteiger partial charge on any atom is 0.282 e. The number of nitrogens with one attached hydrogen (secondary N) is 1. The van der Waals surface area contributed by atoms with Crippen molar-refractivity contribution in [3.63, 3.8) is 0 Å². The van der Waals surface area contributed by atoms with Gasteiger partial charge in [-0.2, -0.15) is 0 Å². The second-order valence-corrected chi connectivity index (χ2v) is 4.93. The molecule has 0 spiro atoms. The summed E-state index contributed by atoms with van der Waals surface area (Å²) in [5.74, 6) is 2.23. The van der Waals surface area contributed by atoms with Gasteiger partial charge in [-0.15, -0.1) is 10.2 Å². The summed E-state index contributed by atoms with van der Waals surface area (Å²) >= 11 is 1.37. The Labute approximate surface area is 116 Å². The van der Waals surface area contributed by atoms with Crippen LogP contribution in [0.1, 0.15) is 31.1 Å².